The van der Waals surface area contributed by atoms with Crippen LogP contribution < -0.4 is 5.32 Å². The van der Waals surface area contributed by atoms with Gasteiger partial charge in [0.25, 0.3) is 0 Å². The van der Waals surface area contributed by atoms with Gasteiger partial charge < -0.3 is 15.2 Å². The van der Waals surface area contributed by atoms with Crippen LogP contribution in [0.4, 0.5) is 0 Å². The molecule has 0 unspecified atom stereocenters. The maximum atomic E-state index is 11.7. The Hall–Kier alpha value is -2.44. The highest BCUT2D eigenvalue weighted by atomic mass is 16.5. The van der Waals surface area contributed by atoms with Crippen LogP contribution in [-0.4, -0.2) is 41.1 Å². The molecule has 7 nitrogen and oxygen atoms in total. The molecule has 1 heterocycles. The van der Waals surface area contributed by atoms with Gasteiger partial charge >= 0.3 is 11.9 Å². The summed E-state index contributed by atoms with van der Waals surface area (Å²) in [5.74, 6) is -2.06. The number of carbonyl (C=O) groups is 3. The van der Waals surface area contributed by atoms with Crippen LogP contribution in [0.2, 0.25) is 0 Å². The molecular weight excluding hydrogens is 276 g/mol. The number of esters is 1. The lowest BCUT2D eigenvalue weighted by atomic mass is 10.1. The number of nitrogens with one attached hydrogen (secondary N) is 1. The molecule has 21 heavy (non-hydrogen) atoms. The number of hydrogen-bond acceptors (Lipinski definition) is 5. The number of aliphatic carboxylic acids is 1. The lowest BCUT2D eigenvalue weighted by Crippen LogP contribution is -2.41. The molecule has 1 amide bonds. The minimum absolute atomic E-state index is 0.000634. The number of aryl methyl sites for hydroxylation is 1. The second-order valence-electron chi connectivity index (χ2n) is 4.43. The van der Waals surface area contributed by atoms with E-state index in [9.17, 15) is 14.4 Å². The van der Waals surface area contributed by atoms with Crippen LogP contribution in [0.5, 0.6) is 0 Å². The highest BCUT2D eigenvalue weighted by Gasteiger charge is 2.21. The molecule has 0 aliphatic rings. The van der Waals surface area contributed by atoms with E-state index in [1.165, 1.54) is 7.11 Å². The van der Waals surface area contributed by atoms with E-state index in [-0.39, 0.29) is 25.2 Å². The number of hydrogen-bond donors (Lipinski definition) is 2. The summed E-state index contributed by atoms with van der Waals surface area (Å²) >= 11 is 0. The van der Waals surface area contributed by atoms with E-state index in [0.717, 1.165) is 5.56 Å². The van der Waals surface area contributed by atoms with Gasteiger partial charge in [0, 0.05) is 25.2 Å². The van der Waals surface area contributed by atoms with Gasteiger partial charge in [-0.3, -0.25) is 14.6 Å². The zero-order chi connectivity index (χ0) is 15.7. The third-order valence-electron chi connectivity index (χ3n) is 2.86. The summed E-state index contributed by atoms with van der Waals surface area (Å²) in [5, 5.41) is 11.4. The largest absolute Gasteiger partial charge is 0.480 e. The maximum Gasteiger partial charge on any atom is 0.326 e. The number of ether oxygens (including phenoxy) is 1. The normalized spacial score (nSPS) is 11.5. The number of aromatic nitrogens is 1. The molecule has 1 aromatic rings. The summed E-state index contributed by atoms with van der Waals surface area (Å²) in [6.45, 7) is 0. The number of pyridine rings is 1. The predicted octanol–water partition coefficient (Wildman–Crippen LogP) is 0.537. The molecule has 0 spiro atoms. The Balaban J connectivity index is 2.41. The molecule has 2 N–H and O–H groups in total. The molecule has 0 bridgehead atoms. The Kier molecular flexibility index (Phi) is 6.86. The van der Waals surface area contributed by atoms with Crippen molar-refractivity contribution in [1.29, 1.82) is 0 Å². The van der Waals surface area contributed by atoms with Crippen LogP contribution >= 0.6 is 0 Å². The SMILES string of the molecule is COC(=O)CC[C@@H](NC(=O)CCc1cccnc1)C(=O)O. The lowest BCUT2D eigenvalue weighted by molar-refractivity contribution is -0.144. The topological polar surface area (TPSA) is 106 Å². The highest BCUT2D eigenvalue weighted by Crippen LogP contribution is 2.03. The van der Waals surface area contributed by atoms with Crippen LogP contribution in [-0.2, 0) is 25.5 Å². The van der Waals surface area contributed by atoms with Crippen LogP contribution in [0.1, 0.15) is 24.8 Å². The molecule has 0 radical (unpaired) electrons. The number of amides is 1. The smallest absolute Gasteiger partial charge is 0.326 e. The molecule has 114 valence electrons. The Morgan fingerprint density at radius 1 is 1.38 bits per heavy atom. The first-order valence-corrected chi connectivity index (χ1v) is 6.51. The van der Waals surface area contributed by atoms with E-state index in [1.807, 2.05) is 6.07 Å². The number of rotatable bonds is 8. The van der Waals surface area contributed by atoms with Crippen molar-refractivity contribution in [3.05, 3.63) is 30.1 Å². The fraction of sp³-hybridized carbons (Fsp3) is 0.429. The van der Waals surface area contributed by atoms with Gasteiger partial charge in [0.1, 0.15) is 6.04 Å². The van der Waals surface area contributed by atoms with Crippen LogP contribution in [0, 0.1) is 0 Å². The molecule has 1 atom stereocenters. The second kappa shape index (κ2) is 8.68. The van der Waals surface area contributed by atoms with Crippen molar-refractivity contribution < 1.29 is 24.2 Å². The van der Waals surface area contributed by atoms with Crippen molar-refractivity contribution in [2.75, 3.05) is 7.11 Å². The Morgan fingerprint density at radius 2 is 2.14 bits per heavy atom. The number of nitrogens with zero attached hydrogens (tertiary/aromatic N) is 1. The summed E-state index contributed by atoms with van der Waals surface area (Å²) in [6.07, 6.45) is 3.86. The van der Waals surface area contributed by atoms with E-state index in [2.05, 4.69) is 15.0 Å². The molecule has 1 rings (SSSR count). The summed E-state index contributed by atoms with van der Waals surface area (Å²) in [6, 6.07) is 2.51. The Bertz CT molecular complexity index is 489. The first-order valence-electron chi connectivity index (χ1n) is 6.51. The number of carbonyl (C=O) groups excluding carboxylic acids is 2. The van der Waals surface area contributed by atoms with Crippen LogP contribution in [0.25, 0.3) is 0 Å². The second-order valence-corrected chi connectivity index (χ2v) is 4.43. The average Bonchev–Trinajstić information content (AvgIpc) is 2.49. The minimum Gasteiger partial charge on any atom is -0.480 e. The molecule has 0 aliphatic carbocycles. The molecule has 0 aromatic carbocycles. The van der Waals surface area contributed by atoms with E-state index in [0.29, 0.717) is 6.42 Å². The van der Waals surface area contributed by atoms with Gasteiger partial charge in [0.2, 0.25) is 5.91 Å². The zero-order valence-corrected chi connectivity index (χ0v) is 11.7. The first-order chi connectivity index (χ1) is 10.0. The van der Waals surface area contributed by atoms with Crippen molar-refractivity contribution >= 4 is 17.8 Å². The predicted molar refractivity (Wildman–Crippen MR) is 73.4 cm³/mol. The Morgan fingerprint density at radius 3 is 2.71 bits per heavy atom. The zero-order valence-electron chi connectivity index (χ0n) is 11.7. The van der Waals surface area contributed by atoms with Crippen molar-refractivity contribution in [1.82, 2.24) is 10.3 Å². The van der Waals surface area contributed by atoms with Crippen molar-refractivity contribution in [3.8, 4) is 0 Å². The first kappa shape index (κ1) is 16.6. The van der Waals surface area contributed by atoms with E-state index >= 15 is 0 Å². The summed E-state index contributed by atoms with van der Waals surface area (Å²) in [5.41, 5.74) is 0.897. The molecule has 7 heteroatoms. The minimum atomic E-state index is -1.17. The highest BCUT2D eigenvalue weighted by molar-refractivity contribution is 5.84. The fourth-order valence-corrected chi connectivity index (χ4v) is 1.69. The fourth-order valence-electron chi connectivity index (χ4n) is 1.69. The van der Waals surface area contributed by atoms with Crippen LogP contribution in [0.3, 0.4) is 0 Å². The lowest BCUT2D eigenvalue weighted by Gasteiger charge is -2.13. The summed E-state index contributed by atoms with van der Waals surface area (Å²) < 4.78 is 4.44. The van der Waals surface area contributed by atoms with Gasteiger partial charge in [-0.1, -0.05) is 6.07 Å². The van der Waals surface area contributed by atoms with Crippen molar-refractivity contribution in [2.45, 2.75) is 31.7 Å². The molecule has 1 aromatic heterocycles. The van der Waals surface area contributed by atoms with Crippen molar-refractivity contribution in [2.24, 2.45) is 0 Å². The van der Waals surface area contributed by atoms with E-state index in [1.54, 1.807) is 18.5 Å². The van der Waals surface area contributed by atoms with Gasteiger partial charge in [0.05, 0.1) is 7.11 Å². The Labute approximate surface area is 122 Å². The summed E-state index contributed by atoms with van der Waals surface area (Å²) in [4.78, 5) is 37.7. The number of carboxylic acids is 1. The molecule has 0 saturated heterocycles. The van der Waals surface area contributed by atoms with Crippen LogP contribution in [0.15, 0.2) is 24.5 Å². The van der Waals surface area contributed by atoms with E-state index in [4.69, 9.17) is 5.11 Å². The third kappa shape index (κ3) is 6.51. The quantitative estimate of drug-likeness (QED) is 0.678. The van der Waals surface area contributed by atoms with Gasteiger partial charge in [0.15, 0.2) is 0 Å². The maximum absolute atomic E-state index is 11.7. The van der Waals surface area contributed by atoms with Gasteiger partial charge in [-0.25, -0.2) is 4.79 Å². The molecular formula is C14H18N2O5. The number of carboxylic acid groups (broad SMARTS) is 1. The summed E-state index contributed by atoms with van der Waals surface area (Å²) in [7, 11) is 1.23. The van der Waals surface area contributed by atoms with Crippen molar-refractivity contribution in [3.63, 3.8) is 0 Å². The molecule has 0 fully saturated rings. The van der Waals surface area contributed by atoms with Gasteiger partial charge in [-0.05, 0) is 24.5 Å². The average molecular weight is 294 g/mol. The number of methoxy groups -OCH3 is 1. The standard InChI is InChI=1S/C14H18N2O5/c1-21-13(18)7-5-11(14(19)20)16-12(17)6-4-10-3-2-8-15-9-10/h2-3,8-9,11H,4-7H2,1H3,(H,16,17)(H,19,20)/t11-/m1/s1. The van der Waals surface area contributed by atoms with E-state index < -0.39 is 18.0 Å². The van der Waals surface area contributed by atoms with Gasteiger partial charge in [-0.15, -0.1) is 0 Å². The third-order valence-corrected chi connectivity index (χ3v) is 2.86. The monoisotopic (exact) mass is 294 g/mol. The molecule has 0 saturated carbocycles. The molecule has 0 aliphatic heterocycles. The van der Waals surface area contributed by atoms with Gasteiger partial charge in [-0.2, -0.15) is 0 Å².